The molecule has 2 heterocycles. The van der Waals surface area contributed by atoms with E-state index < -0.39 is 10.0 Å². The van der Waals surface area contributed by atoms with Gasteiger partial charge in [0.15, 0.2) is 0 Å². The van der Waals surface area contributed by atoms with Crippen molar-refractivity contribution in [1.29, 1.82) is 0 Å². The minimum atomic E-state index is -3.50. The third kappa shape index (κ3) is 3.24. The predicted octanol–water partition coefficient (Wildman–Crippen LogP) is 0.950. The molecule has 0 amide bonds. The van der Waals surface area contributed by atoms with E-state index in [2.05, 4.69) is 15.3 Å². The number of hydrogen-bond donors (Lipinski definition) is 2. The third-order valence-corrected chi connectivity index (χ3v) is 4.68. The maximum atomic E-state index is 12.4. The topological polar surface area (TPSA) is 78.1 Å². The van der Waals surface area contributed by atoms with Crippen LogP contribution in [0.25, 0.3) is 0 Å². The number of sulfonamides is 1. The molecule has 0 bridgehead atoms. The van der Waals surface area contributed by atoms with E-state index in [0.29, 0.717) is 12.2 Å². The number of pyridine rings is 1. The van der Waals surface area contributed by atoms with Crippen LogP contribution in [-0.4, -0.2) is 36.8 Å². The van der Waals surface area contributed by atoms with Crippen LogP contribution in [-0.2, 0) is 23.1 Å². The lowest BCUT2D eigenvalue weighted by Gasteiger charge is -2.15. The van der Waals surface area contributed by atoms with E-state index >= 15 is 0 Å². The van der Waals surface area contributed by atoms with Gasteiger partial charge in [0.2, 0.25) is 10.0 Å². The van der Waals surface area contributed by atoms with E-state index in [1.54, 1.807) is 31.4 Å². The van der Waals surface area contributed by atoms with Crippen molar-refractivity contribution in [1.82, 2.24) is 19.6 Å². The Balaban J connectivity index is 2.16. The Bertz CT molecular complexity index is 652. The Labute approximate surface area is 118 Å². The number of H-pyrrole nitrogens is 1. The summed E-state index contributed by atoms with van der Waals surface area (Å²) in [6.45, 7) is 0.842. The van der Waals surface area contributed by atoms with Gasteiger partial charge in [-0.1, -0.05) is 6.07 Å². The highest BCUT2D eigenvalue weighted by Crippen LogP contribution is 2.17. The molecule has 0 aliphatic heterocycles. The van der Waals surface area contributed by atoms with Crippen molar-refractivity contribution in [3.63, 3.8) is 0 Å². The minimum Gasteiger partial charge on any atom is -0.363 e. The molecule has 0 aliphatic rings. The molecular formula is C13H18N4O2S. The summed E-state index contributed by atoms with van der Waals surface area (Å²) in [4.78, 5) is 7.35. The molecular weight excluding hydrogens is 276 g/mol. The van der Waals surface area contributed by atoms with E-state index in [0.717, 1.165) is 5.69 Å². The fraction of sp³-hybridized carbons (Fsp3) is 0.308. The highest BCUT2D eigenvalue weighted by atomic mass is 32.2. The van der Waals surface area contributed by atoms with Crippen LogP contribution in [0.15, 0.2) is 41.6 Å². The molecule has 0 aliphatic carbocycles. The molecule has 0 fully saturated rings. The molecule has 6 nitrogen and oxygen atoms in total. The second-order valence-electron chi connectivity index (χ2n) is 4.47. The summed E-state index contributed by atoms with van der Waals surface area (Å²) in [6, 6.07) is 7.08. The summed E-state index contributed by atoms with van der Waals surface area (Å²) in [7, 11) is -0.142. The van der Waals surface area contributed by atoms with Crippen molar-refractivity contribution in [3.05, 3.63) is 48.0 Å². The van der Waals surface area contributed by atoms with Crippen LogP contribution in [0.4, 0.5) is 0 Å². The molecule has 0 radical (unpaired) electrons. The molecule has 2 rings (SSSR count). The molecule has 20 heavy (non-hydrogen) atoms. The van der Waals surface area contributed by atoms with Crippen LogP contribution in [0.5, 0.6) is 0 Å². The second kappa shape index (κ2) is 6.17. The van der Waals surface area contributed by atoms with Gasteiger partial charge in [-0.15, -0.1) is 0 Å². The molecule has 0 unspecified atom stereocenters. The average molecular weight is 294 g/mol. The Morgan fingerprint density at radius 1 is 1.40 bits per heavy atom. The summed E-state index contributed by atoms with van der Waals surface area (Å²) in [5.41, 5.74) is 1.54. The van der Waals surface area contributed by atoms with Crippen LogP contribution in [0.2, 0.25) is 0 Å². The van der Waals surface area contributed by atoms with Gasteiger partial charge in [0.25, 0.3) is 0 Å². The van der Waals surface area contributed by atoms with Crippen molar-refractivity contribution < 1.29 is 8.42 Å². The first-order valence-electron chi connectivity index (χ1n) is 6.22. The van der Waals surface area contributed by atoms with E-state index in [-0.39, 0.29) is 11.4 Å². The number of rotatable bonds is 6. The van der Waals surface area contributed by atoms with Gasteiger partial charge >= 0.3 is 0 Å². The maximum Gasteiger partial charge on any atom is 0.244 e. The number of aromatic nitrogens is 2. The summed E-state index contributed by atoms with van der Waals surface area (Å²) in [5.74, 6) is 0. The van der Waals surface area contributed by atoms with Gasteiger partial charge in [0, 0.05) is 31.7 Å². The summed E-state index contributed by atoms with van der Waals surface area (Å²) >= 11 is 0. The van der Waals surface area contributed by atoms with Gasteiger partial charge in [-0.2, -0.15) is 4.31 Å². The van der Waals surface area contributed by atoms with Gasteiger partial charge < -0.3 is 10.3 Å². The van der Waals surface area contributed by atoms with Crippen molar-refractivity contribution >= 4 is 10.0 Å². The van der Waals surface area contributed by atoms with Crippen LogP contribution in [0.3, 0.4) is 0 Å². The van der Waals surface area contributed by atoms with Crippen molar-refractivity contribution in [2.45, 2.75) is 18.0 Å². The van der Waals surface area contributed by atoms with Crippen LogP contribution in [0, 0.1) is 0 Å². The Morgan fingerprint density at radius 2 is 2.20 bits per heavy atom. The lowest BCUT2D eigenvalue weighted by molar-refractivity contribution is 0.462. The fourth-order valence-electron chi connectivity index (χ4n) is 1.85. The maximum absolute atomic E-state index is 12.4. The molecule has 108 valence electrons. The normalized spacial score (nSPS) is 11.9. The number of aromatic amines is 1. The molecule has 7 heteroatoms. The largest absolute Gasteiger partial charge is 0.363 e. The van der Waals surface area contributed by atoms with Gasteiger partial charge in [0.1, 0.15) is 0 Å². The van der Waals surface area contributed by atoms with Crippen LogP contribution < -0.4 is 5.32 Å². The van der Waals surface area contributed by atoms with Gasteiger partial charge in [0.05, 0.1) is 17.1 Å². The lowest BCUT2D eigenvalue weighted by Crippen LogP contribution is -2.26. The molecule has 2 aromatic rings. The van der Waals surface area contributed by atoms with Crippen LogP contribution in [0.1, 0.15) is 11.4 Å². The summed E-state index contributed by atoms with van der Waals surface area (Å²) in [5, 5.41) is 2.97. The second-order valence-corrected chi connectivity index (χ2v) is 6.52. The molecule has 2 N–H and O–H groups in total. The van der Waals surface area contributed by atoms with E-state index in [1.807, 2.05) is 13.1 Å². The monoisotopic (exact) mass is 294 g/mol. The number of hydrogen-bond acceptors (Lipinski definition) is 4. The van der Waals surface area contributed by atoms with E-state index in [9.17, 15) is 8.42 Å². The van der Waals surface area contributed by atoms with Crippen molar-refractivity contribution in [2.75, 3.05) is 14.1 Å². The SMILES string of the molecule is CNCc1cc(S(=O)(=O)N(C)Cc2ccccn2)c[nH]1. The molecule has 0 saturated carbocycles. The fourth-order valence-corrected chi connectivity index (χ4v) is 3.01. The highest BCUT2D eigenvalue weighted by molar-refractivity contribution is 7.89. The van der Waals surface area contributed by atoms with Crippen LogP contribution >= 0.6 is 0 Å². The van der Waals surface area contributed by atoms with Gasteiger partial charge in [-0.05, 0) is 25.2 Å². The van der Waals surface area contributed by atoms with E-state index in [4.69, 9.17) is 0 Å². The van der Waals surface area contributed by atoms with Crippen molar-refractivity contribution in [2.24, 2.45) is 0 Å². The Morgan fingerprint density at radius 3 is 2.85 bits per heavy atom. The Hall–Kier alpha value is -1.70. The average Bonchev–Trinajstić information content (AvgIpc) is 2.89. The standard InChI is InChI=1S/C13H18N4O2S/c1-14-8-12-7-13(9-16-12)20(18,19)17(2)10-11-5-3-4-6-15-11/h3-7,9,14,16H,8,10H2,1-2H3. The van der Waals surface area contributed by atoms with Gasteiger partial charge in [-0.25, -0.2) is 8.42 Å². The lowest BCUT2D eigenvalue weighted by atomic mass is 10.3. The molecule has 0 atom stereocenters. The molecule has 2 aromatic heterocycles. The molecule has 0 aromatic carbocycles. The third-order valence-electron chi connectivity index (χ3n) is 2.90. The zero-order valence-electron chi connectivity index (χ0n) is 11.5. The first-order valence-corrected chi connectivity index (χ1v) is 7.66. The summed E-state index contributed by atoms with van der Waals surface area (Å²) in [6.07, 6.45) is 3.16. The molecule has 0 saturated heterocycles. The smallest absolute Gasteiger partial charge is 0.244 e. The zero-order valence-corrected chi connectivity index (χ0v) is 12.3. The Kier molecular flexibility index (Phi) is 4.53. The number of nitrogens with zero attached hydrogens (tertiary/aromatic N) is 2. The number of nitrogens with one attached hydrogen (secondary N) is 2. The summed E-state index contributed by atoms with van der Waals surface area (Å²) < 4.78 is 26.1. The van der Waals surface area contributed by atoms with E-state index in [1.165, 1.54) is 10.5 Å². The van der Waals surface area contributed by atoms with Crippen molar-refractivity contribution in [3.8, 4) is 0 Å². The molecule has 0 spiro atoms. The minimum absolute atomic E-state index is 0.246. The first-order chi connectivity index (χ1) is 9.54. The predicted molar refractivity (Wildman–Crippen MR) is 76.4 cm³/mol. The quantitative estimate of drug-likeness (QED) is 0.831. The zero-order chi connectivity index (χ0) is 14.6. The van der Waals surface area contributed by atoms with Gasteiger partial charge in [-0.3, -0.25) is 4.98 Å². The first kappa shape index (κ1) is 14.7. The highest BCUT2D eigenvalue weighted by Gasteiger charge is 2.22.